The van der Waals surface area contributed by atoms with Crippen molar-refractivity contribution in [3.8, 4) is 11.5 Å². The molecule has 0 aromatic heterocycles. The SMILES string of the molecule is COc1ccc(Cl)cc1NC(=O)COc1ccc(C)c(C)c1. The summed E-state index contributed by atoms with van der Waals surface area (Å²) >= 11 is 5.92. The van der Waals surface area contributed by atoms with Crippen molar-refractivity contribution < 1.29 is 14.3 Å². The predicted molar refractivity (Wildman–Crippen MR) is 88.0 cm³/mol. The Labute approximate surface area is 135 Å². The molecule has 0 saturated carbocycles. The molecule has 2 aromatic carbocycles. The third-order valence-corrected chi connectivity index (χ3v) is 3.52. The average Bonchev–Trinajstić information content (AvgIpc) is 2.49. The third kappa shape index (κ3) is 4.15. The van der Waals surface area contributed by atoms with E-state index < -0.39 is 0 Å². The first kappa shape index (κ1) is 16.2. The van der Waals surface area contributed by atoms with E-state index in [1.165, 1.54) is 12.7 Å². The number of carbonyl (C=O) groups excluding carboxylic acids is 1. The summed E-state index contributed by atoms with van der Waals surface area (Å²) in [6.07, 6.45) is 0. The van der Waals surface area contributed by atoms with Gasteiger partial charge in [-0.05, 0) is 55.3 Å². The van der Waals surface area contributed by atoms with Crippen LogP contribution >= 0.6 is 11.6 Å². The zero-order valence-electron chi connectivity index (χ0n) is 12.8. The predicted octanol–water partition coefficient (Wildman–Crippen LogP) is 3.98. The van der Waals surface area contributed by atoms with Gasteiger partial charge in [-0.2, -0.15) is 0 Å². The number of carbonyl (C=O) groups is 1. The minimum atomic E-state index is -0.279. The van der Waals surface area contributed by atoms with Gasteiger partial charge in [0.05, 0.1) is 12.8 Å². The summed E-state index contributed by atoms with van der Waals surface area (Å²) in [7, 11) is 1.53. The highest BCUT2D eigenvalue weighted by atomic mass is 35.5. The van der Waals surface area contributed by atoms with E-state index in [0.717, 1.165) is 5.56 Å². The van der Waals surface area contributed by atoms with Crippen molar-refractivity contribution in [1.29, 1.82) is 0 Å². The Hall–Kier alpha value is -2.20. The highest BCUT2D eigenvalue weighted by Gasteiger charge is 2.09. The average molecular weight is 320 g/mol. The molecule has 0 saturated heterocycles. The molecule has 2 rings (SSSR count). The number of ether oxygens (including phenoxy) is 2. The van der Waals surface area contributed by atoms with E-state index in [1.54, 1.807) is 18.2 Å². The highest BCUT2D eigenvalue weighted by molar-refractivity contribution is 6.31. The van der Waals surface area contributed by atoms with E-state index >= 15 is 0 Å². The second-order valence-electron chi connectivity index (χ2n) is 4.93. The number of rotatable bonds is 5. The summed E-state index contributed by atoms with van der Waals surface area (Å²) in [6, 6.07) is 10.7. The molecule has 0 aliphatic heterocycles. The molecule has 0 atom stereocenters. The number of nitrogens with one attached hydrogen (secondary N) is 1. The molecule has 1 N–H and O–H groups in total. The van der Waals surface area contributed by atoms with E-state index in [0.29, 0.717) is 22.2 Å². The fraction of sp³-hybridized carbons (Fsp3) is 0.235. The molecule has 1 amide bonds. The standard InChI is InChI=1S/C17H18ClNO3/c1-11-4-6-14(8-12(11)2)22-10-17(20)19-15-9-13(18)5-7-16(15)21-3/h4-9H,10H2,1-3H3,(H,19,20). The summed E-state index contributed by atoms with van der Waals surface area (Å²) in [6.45, 7) is 3.94. The second kappa shape index (κ2) is 7.18. The number of methoxy groups -OCH3 is 1. The van der Waals surface area contributed by atoms with Crippen LogP contribution in [0.4, 0.5) is 5.69 Å². The van der Waals surface area contributed by atoms with E-state index in [9.17, 15) is 4.79 Å². The quantitative estimate of drug-likeness (QED) is 0.906. The van der Waals surface area contributed by atoms with Gasteiger partial charge in [0.25, 0.3) is 5.91 Å². The maximum absolute atomic E-state index is 12.0. The topological polar surface area (TPSA) is 47.6 Å². The van der Waals surface area contributed by atoms with Gasteiger partial charge in [0, 0.05) is 5.02 Å². The lowest BCUT2D eigenvalue weighted by atomic mass is 10.1. The third-order valence-electron chi connectivity index (χ3n) is 3.28. The van der Waals surface area contributed by atoms with Crippen LogP contribution in [0.2, 0.25) is 5.02 Å². The van der Waals surface area contributed by atoms with Crippen LogP contribution in [0.25, 0.3) is 0 Å². The molecule has 5 heteroatoms. The minimum Gasteiger partial charge on any atom is -0.495 e. The molecular weight excluding hydrogens is 302 g/mol. The van der Waals surface area contributed by atoms with Crippen LogP contribution in [-0.2, 0) is 4.79 Å². The summed E-state index contributed by atoms with van der Waals surface area (Å²) in [5.41, 5.74) is 2.82. The van der Waals surface area contributed by atoms with Crippen LogP contribution in [0, 0.1) is 13.8 Å². The molecule has 0 heterocycles. The number of benzene rings is 2. The number of aryl methyl sites for hydroxylation is 2. The van der Waals surface area contributed by atoms with Crippen molar-refractivity contribution in [3.05, 3.63) is 52.5 Å². The fourth-order valence-corrected chi connectivity index (χ4v) is 2.09. The normalized spacial score (nSPS) is 10.2. The van der Waals surface area contributed by atoms with Crippen molar-refractivity contribution in [2.24, 2.45) is 0 Å². The van der Waals surface area contributed by atoms with E-state index in [-0.39, 0.29) is 12.5 Å². The Morgan fingerprint density at radius 3 is 2.59 bits per heavy atom. The maximum Gasteiger partial charge on any atom is 0.262 e. The van der Waals surface area contributed by atoms with Crippen molar-refractivity contribution in [3.63, 3.8) is 0 Å². The van der Waals surface area contributed by atoms with Gasteiger partial charge in [-0.3, -0.25) is 4.79 Å². The van der Waals surface area contributed by atoms with Crippen LogP contribution in [0.3, 0.4) is 0 Å². The van der Waals surface area contributed by atoms with Crippen LogP contribution in [0.1, 0.15) is 11.1 Å². The van der Waals surface area contributed by atoms with Crippen LogP contribution in [0.5, 0.6) is 11.5 Å². The Morgan fingerprint density at radius 1 is 1.14 bits per heavy atom. The Balaban J connectivity index is 1.98. The molecule has 22 heavy (non-hydrogen) atoms. The molecule has 0 bridgehead atoms. The summed E-state index contributed by atoms with van der Waals surface area (Å²) < 4.78 is 10.7. The Bertz CT molecular complexity index is 686. The number of amides is 1. The molecule has 0 unspecified atom stereocenters. The fourth-order valence-electron chi connectivity index (χ4n) is 1.92. The van der Waals surface area contributed by atoms with E-state index in [1.807, 2.05) is 32.0 Å². The van der Waals surface area contributed by atoms with Gasteiger partial charge < -0.3 is 14.8 Å². The lowest BCUT2D eigenvalue weighted by Crippen LogP contribution is -2.20. The molecule has 0 fully saturated rings. The van der Waals surface area contributed by atoms with Crippen LogP contribution < -0.4 is 14.8 Å². The van der Waals surface area contributed by atoms with Gasteiger partial charge in [-0.1, -0.05) is 17.7 Å². The van der Waals surface area contributed by atoms with E-state index in [4.69, 9.17) is 21.1 Å². The first-order valence-corrected chi connectivity index (χ1v) is 7.21. The van der Waals surface area contributed by atoms with Crippen LogP contribution in [0.15, 0.2) is 36.4 Å². The molecule has 0 aliphatic carbocycles. The second-order valence-corrected chi connectivity index (χ2v) is 5.36. The molecule has 0 radical (unpaired) electrons. The van der Waals surface area contributed by atoms with Crippen LogP contribution in [-0.4, -0.2) is 19.6 Å². The number of hydrogen-bond donors (Lipinski definition) is 1. The largest absolute Gasteiger partial charge is 0.495 e. The molecule has 0 aliphatic rings. The number of halogens is 1. The molecule has 4 nitrogen and oxygen atoms in total. The van der Waals surface area contributed by atoms with Gasteiger partial charge in [0.2, 0.25) is 0 Å². The lowest BCUT2D eigenvalue weighted by Gasteiger charge is -2.11. The highest BCUT2D eigenvalue weighted by Crippen LogP contribution is 2.27. The lowest BCUT2D eigenvalue weighted by molar-refractivity contribution is -0.118. The maximum atomic E-state index is 12.0. The minimum absolute atomic E-state index is 0.0852. The Kier molecular flexibility index (Phi) is 5.28. The molecular formula is C17H18ClNO3. The van der Waals surface area contributed by atoms with Crippen molar-refractivity contribution in [2.45, 2.75) is 13.8 Å². The van der Waals surface area contributed by atoms with Gasteiger partial charge in [-0.25, -0.2) is 0 Å². The van der Waals surface area contributed by atoms with Gasteiger partial charge >= 0.3 is 0 Å². The van der Waals surface area contributed by atoms with Crippen molar-refractivity contribution in [2.75, 3.05) is 19.0 Å². The smallest absolute Gasteiger partial charge is 0.262 e. The van der Waals surface area contributed by atoms with Crippen molar-refractivity contribution in [1.82, 2.24) is 0 Å². The molecule has 0 spiro atoms. The van der Waals surface area contributed by atoms with Gasteiger partial charge in [-0.15, -0.1) is 0 Å². The zero-order valence-corrected chi connectivity index (χ0v) is 13.5. The molecule has 116 valence electrons. The van der Waals surface area contributed by atoms with E-state index in [2.05, 4.69) is 5.32 Å². The first-order chi connectivity index (χ1) is 10.5. The number of anilines is 1. The zero-order chi connectivity index (χ0) is 16.1. The number of hydrogen-bond acceptors (Lipinski definition) is 3. The summed E-state index contributed by atoms with van der Waals surface area (Å²) in [4.78, 5) is 12.0. The van der Waals surface area contributed by atoms with Gasteiger partial charge in [0.15, 0.2) is 6.61 Å². The monoisotopic (exact) mass is 319 g/mol. The van der Waals surface area contributed by atoms with Crippen molar-refractivity contribution >= 4 is 23.2 Å². The summed E-state index contributed by atoms with van der Waals surface area (Å²) in [5, 5.41) is 3.24. The first-order valence-electron chi connectivity index (χ1n) is 6.83. The van der Waals surface area contributed by atoms with Gasteiger partial charge in [0.1, 0.15) is 11.5 Å². The summed E-state index contributed by atoms with van der Waals surface area (Å²) in [5.74, 6) is 0.930. The Morgan fingerprint density at radius 2 is 1.91 bits per heavy atom. The molecule has 2 aromatic rings.